The molecule has 2 N–H and O–H groups in total. The zero-order chi connectivity index (χ0) is 28.8. The first-order valence-corrected chi connectivity index (χ1v) is 12.6. The summed E-state index contributed by atoms with van der Waals surface area (Å²) in [5.41, 5.74) is 2.29. The molecule has 3 aliphatic rings. The molecule has 3 aromatic rings. The van der Waals surface area contributed by atoms with Crippen molar-refractivity contribution in [2.24, 2.45) is 0 Å². The van der Waals surface area contributed by atoms with Crippen molar-refractivity contribution < 1.29 is 49.1 Å². The smallest absolute Gasteiger partial charge is 0.381 e. The van der Waals surface area contributed by atoms with Crippen molar-refractivity contribution >= 4 is 27.5 Å². The Morgan fingerprint density at radius 1 is 1.21 bits per heavy atom. The van der Waals surface area contributed by atoms with Crippen molar-refractivity contribution in [3.05, 3.63) is 41.9 Å². The average molecular weight is 579 g/mol. The fourth-order valence-electron chi connectivity index (χ4n) is 5.04. The maximum absolute atomic E-state index is 13.7. The van der Waals surface area contributed by atoms with E-state index in [0.29, 0.717) is 11.8 Å². The Morgan fingerprint density at radius 3 is 2.44 bits per heavy atom. The van der Waals surface area contributed by atoms with E-state index in [-0.39, 0.29) is 40.8 Å². The van der Waals surface area contributed by atoms with Gasteiger partial charge in [-0.05, 0) is 36.0 Å². The van der Waals surface area contributed by atoms with E-state index in [1.807, 2.05) is 0 Å². The van der Waals surface area contributed by atoms with E-state index in [1.165, 1.54) is 13.0 Å². The molecule has 1 aromatic carbocycles. The fourth-order valence-corrected chi connectivity index (χ4v) is 6.60. The summed E-state index contributed by atoms with van der Waals surface area (Å²) in [4.78, 5) is 22.9. The number of aromatic nitrogens is 3. The predicted molar refractivity (Wildman–Crippen MR) is 120 cm³/mol. The lowest BCUT2D eigenvalue weighted by molar-refractivity contribution is -0.238. The van der Waals surface area contributed by atoms with Crippen LogP contribution in [0.5, 0.6) is 0 Å². The van der Waals surface area contributed by atoms with Gasteiger partial charge in [-0.25, -0.2) is 23.2 Å². The van der Waals surface area contributed by atoms with Gasteiger partial charge >= 0.3 is 18.3 Å². The molecule has 17 heteroatoms. The number of carbonyl (C=O) groups excluding carboxylic acids is 1. The van der Waals surface area contributed by atoms with E-state index in [0.717, 1.165) is 22.7 Å². The lowest BCUT2D eigenvalue weighted by Gasteiger charge is -2.46. The van der Waals surface area contributed by atoms with E-state index in [2.05, 4.69) is 14.8 Å². The maximum atomic E-state index is 13.7. The van der Waals surface area contributed by atoms with Crippen molar-refractivity contribution in [1.82, 2.24) is 18.8 Å². The van der Waals surface area contributed by atoms with Gasteiger partial charge in [0.15, 0.2) is 17.2 Å². The summed E-state index contributed by atoms with van der Waals surface area (Å²) in [7, 11) is -4.95. The topological polar surface area (TPSA) is 129 Å². The number of ether oxygens (including phenoxy) is 1. The van der Waals surface area contributed by atoms with Crippen LogP contribution in [0.4, 0.5) is 32.2 Å². The van der Waals surface area contributed by atoms with Gasteiger partial charge in [0.05, 0.1) is 29.0 Å². The first-order valence-electron chi connectivity index (χ1n) is 11.2. The van der Waals surface area contributed by atoms with Crippen LogP contribution in [0.3, 0.4) is 0 Å². The summed E-state index contributed by atoms with van der Waals surface area (Å²) < 4.78 is 113. The summed E-state index contributed by atoms with van der Waals surface area (Å²) in [6.07, 6.45) is -8.61. The summed E-state index contributed by atoms with van der Waals surface area (Å²) in [6.45, 7) is 2.86. The molecule has 0 radical (unpaired) electrons. The minimum Gasteiger partial charge on any atom is -0.381 e. The lowest BCUT2D eigenvalue weighted by atomic mass is 9.70. The molecule has 10 nitrogen and oxygen atoms in total. The molecule has 1 aliphatic carbocycles. The minimum atomic E-state index is -5.49. The molecule has 0 amide bonds. The van der Waals surface area contributed by atoms with E-state index < -0.39 is 55.9 Å². The van der Waals surface area contributed by atoms with Crippen LogP contribution in [-0.2, 0) is 30.6 Å². The zero-order valence-corrected chi connectivity index (χ0v) is 20.9. The van der Waals surface area contributed by atoms with Gasteiger partial charge in [-0.2, -0.15) is 26.3 Å². The largest absolute Gasteiger partial charge is 0.492 e. The molecule has 2 aromatic heterocycles. The minimum absolute atomic E-state index is 0.00318. The molecule has 2 aliphatic heterocycles. The highest BCUT2D eigenvalue weighted by Crippen LogP contribution is 2.56. The summed E-state index contributed by atoms with van der Waals surface area (Å²) in [5, 5.41) is 0. The third-order valence-electron chi connectivity index (χ3n) is 6.69. The van der Waals surface area contributed by atoms with Crippen LogP contribution in [0.2, 0.25) is 0 Å². The van der Waals surface area contributed by atoms with Crippen LogP contribution >= 0.6 is 0 Å². The van der Waals surface area contributed by atoms with Crippen LogP contribution in [0, 0.1) is 6.92 Å². The highest BCUT2D eigenvalue weighted by molar-refractivity contribution is 7.89. The van der Waals surface area contributed by atoms with Crippen molar-refractivity contribution in [3.63, 3.8) is 0 Å². The number of hydrogen-bond acceptors (Lipinski definition) is 8. The van der Waals surface area contributed by atoms with E-state index in [9.17, 15) is 39.6 Å². The molecule has 3 fully saturated rings. The van der Waals surface area contributed by atoms with E-state index in [1.54, 1.807) is 6.92 Å². The molecular formula is C22H19F6N5O5S. The van der Waals surface area contributed by atoms with Crippen LogP contribution < -0.4 is 5.73 Å². The molecule has 0 atom stereocenters. The van der Waals surface area contributed by atoms with Crippen LogP contribution in [0.25, 0.3) is 16.9 Å². The number of rotatable bonds is 5. The number of halogens is 6. The van der Waals surface area contributed by atoms with Crippen LogP contribution in [0.15, 0.2) is 35.5 Å². The SMILES string of the molecule is Cc1ccc(S(=O)(=O)N(OC(=O)C(F)(F)F)C23COC(C)(C2)C3)cc1-c1cnc2c(N)nc(C(F)(F)F)cn12. The number of carbonyl (C=O) groups is 1. The third kappa shape index (κ3) is 4.37. The van der Waals surface area contributed by atoms with Gasteiger partial charge in [0.1, 0.15) is 5.54 Å². The van der Waals surface area contributed by atoms with Crippen LogP contribution in [0.1, 0.15) is 31.0 Å². The Balaban J connectivity index is 1.62. The quantitative estimate of drug-likeness (QED) is 0.359. The highest BCUT2D eigenvalue weighted by Gasteiger charge is 2.68. The molecule has 0 spiro atoms. The number of hydroxylamine groups is 1. The Kier molecular flexibility index (Phi) is 5.76. The summed E-state index contributed by atoms with van der Waals surface area (Å²) in [6, 6.07) is 3.41. The molecule has 39 heavy (non-hydrogen) atoms. The van der Waals surface area contributed by atoms with Gasteiger partial charge in [0.2, 0.25) is 0 Å². The number of nitrogen functional groups attached to an aromatic ring is 1. The second kappa shape index (κ2) is 8.28. The Morgan fingerprint density at radius 2 is 1.87 bits per heavy atom. The van der Waals surface area contributed by atoms with E-state index >= 15 is 0 Å². The van der Waals surface area contributed by atoms with Gasteiger partial charge in [-0.1, -0.05) is 6.07 Å². The van der Waals surface area contributed by atoms with Crippen molar-refractivity contribution in [2.45, 2.75) is 55.1 Å². The van der Waals surface area contributed by atoms with Gasteiger partial charge in [0, 0.05) is 24.6 Å². The molecule has 2 saturated heterocycles. The van der Waals surface area contributed by atoms with Crippen molar-refractivity contribution in [2.75, 3.05) is 12.3 Å². The Hall–Kier alpha value is -3.44. The monoisotopic (exact) mass is 579 g/mol. The standard InChI is InChI=1S/C22H19F6N5O5S/c1-11-3-4-12(5-13(11)14-6-30-17-16(29)31-15(7-32(14)17)21(23,24)25)39(35,36)33(38-18(34)22(26,27)28)20-8-19(2,9-20)37-10-20/h3-7H,8-10H2,1-2H3,(H2,29,31). The second-order valence-corrected chi connectivity index (χ2v) is 11.5. The van der Waals surface area contributed by atoms with Crippen LogP contribution in [-0.4, -0.2) is 57.1 Å². The number of fused-ring (bicyclic) bond motifs is 2. The number of nitrogens with zero attached hydrogens (tertiary/aromatic N) is 4. The molecule has 4 heterocycles. The molecule has 1 saturated carbocycles. The molecule has 2 bridgehead atoms. The first kappa shape index (κ1) is 27.1. The Bertz CT molecular complexity index is 1610. The molecular weight excluding hydrogens is 560 g/mol. The number of anilines is 1. The number of benzene rings is 1. The predicted octanol–water partition coefficient (Wildman–Crippen LogP) is 3.64. The zero-order valence-electron chi connectivity index (χ0n) is 20.1. The Labute approximate surface area is 216 Å². The molecule has 0 unspecified atom stereocenters. The van der Waals surface area contributed by atoms with Crippen molar-refractivity contribution in [1.29, 1.82) is 0 Å². The molecule has 210 valence electrons. The highest BCUT2D eigenvalue weighted by atomic mass is 32.2. The average Bonchev–Trinajstić information content (AvgIpc) is 3.47. The van der Waals surface area contributed by atoms with Gasteiger partial charge < -0.3 is 15.3 Å². The maximum Gasteiger partial charge on any atom is 0.492 e. The normalized spacial score (nSPS) is 23.3. The number of aryl methyl sites for hydroxylation is 1. The summed E-state index contributed by atoms with van der Waals surface area (Å²) >= 11 is 0. The van der Waals surface area contributed by atoms with Gasteiger partial charge in [-0.15, -0.1) is 0 Å². The van der Waals surface area contributed by atoms with E-state index in [4.69, 9.17) is 10.5 Å². The number of sulfonamides is 1. The van der Waals surface area contributed by atoms with Gasteiger partial charge in [0.25, 0.3) is 10.0 Å². The fraction of sp³-hybridized carbons (Fsp3) is 0.409. The third-order valence-corrected chi connectivity index (χ3v) is 8.44. The number of alkyl halides is 6. The summed E-state index contributed by atoms with van der Waals surface area (Å²) in [5.74, 6) is -3.27. The number of nitrogens with two attached hydrogens (primary N) is 1. The lowest BCUT2D eigenvalue weighted by Crippen LogP contribution is -2.61. The first-order chi connectivity index (χ1) is 17.9. The number of imidazole rings is 1. The van der Waals surface area contributed by atoms with Gasteiger partial charge in [-0.3, -0.25) is 4.40 Å². The number of hydrogen-bond donors (Lipinski definition) is 1. The second-order valence-electron chi connectivity index (χ2n) is 9.75. The van der Waals surface area contributed by atoms with Crippen molar-refractivity contribution in [3.8, 4) is 11.3 Å². The molecule has 6 rings (SSSR count).